The molecule has 2 rings (SSSR count). The number of halogens is 1. The molecule has 0 spiro atoms. The SMILES string of the molecule is CCN(C(=O)C1(C(N)=NO)CCCC1)c1ccccc1F. The molecule has 6 heteroatoms. The highest BCUT2D eigenvalue weighted by molar-refractivity contribution is 6.13. The predicted molar refractivity (Wildman–Crippen MR) is 78.7 cm³/mol. The van der Waals surface area contributed by atoms with Crippen molar-refractivity contribution < 1.29 is 14.4 Å². The van der Waals surface area contributed by atoms with E-state index < -0.39 is 11.2 Å². The lowest BCUT2D eigenvalue weighted by Gasteiger charge is -2.33. The van der Waals surface area contributed by atoms with Gasteiger partial charge in [-0.3, -0.25) is 4.79 Å². The number of rotatable bonds is 4. The highest BCUT2D eigenvalue weighted by Crippen LogP contribution is 2.41. The van der Waals surface area contributed by atoms with Gasteiger partial charge in [0.05, 0.1) is 5.69 Å². The molecule has 0 atom stereocenters. The van der Waals surface area contributed by atoms with E-state index in [2.05, 4.69) is 5.16 Å². The van der Waals surface area contributed by atoms with Gasteiger partial charge in [0.15, 0.2) is 5.84 Å². The lowest BCUT2D eigenvalue weighted by molar-refractivity contribution is -0.124. The molecule has 1 aromatic carbocycles. The lowest BCUT2D eigenvalue weighted by Crippen LogP contribution is -2.50. The summed E-state index contributed by atoms with van der Waals surface area (Å²) in [7, 11) is 0. The Kier molecular flexibility index (Phi) is 4.45. The molecule has 0 radical (unpaired) electrons. The molecule has 0 saturated heterocycles. The van der Waals surface area contributed by atoms with Gasteiger partial charge in [0.25, 0.3) is 0 Å². The fourth-order valence-corrected chi connectivity index (χ4v) is 3.01. The number of carbonyl (C=O) groups excluding carboxylic acids is 1. The highest BCUT2D eigenvalue weighted by atomic mass is 19.1. The molecule has 0 unspecified atom stereocenters. The summed E-state index contributed by atoms with van der Waals surface area (Å²) in [5.74, 6) is -0.844. The molecule has 1 aliphatic carbocycles. The van der Waals surface area contributed by atoms with E-state index in [-0.39, 0.29) is 17.4 Å². The number of hydrogen-bond donors (Lipinski definition) is 2. The van der Waals surface area contributed by atoms with E-state index in [9.17, 15) is 9.18 Å². The summed E-state index contributed by atoms with van der Waals surface area (Å²) in [6, 6.07) is 6.13. The van der Waals surface area contributed by atoms with Crippen LogP contribution in [0.25, 0.3) is 0 Å². The van der Waals surface area contributed by atoms with Crippen molar-refractivity contribution in [3.8, 4) is 0 Å². The Balaban J connectivity index is 2.42. The summed E-state index contributed by atoms with van der Waals surface area (Å²) in [6.45, 7) is 2.10. The van der Waals surface area contributed by atoms with E-state index >= 15 is 0 Å². The van der Waals surface area contributed by atoms with Crippen LogP contribution in [0.4, 0.5) is 10.1 Å². The molecule has 1 amide bonds. The number of nitrogens with two attached hydrogens (primary N) is 1. The third kappa shape index (κ3) is 2.57. The Morgan fingerprint density at radius 2 is 2.05 bits per heavy atom. The van der Waals surface area contributed by atoms with Crippen LogP contribution in [0.3, 0.4) is 0 Å². The van der Waals surface area contributed by atoms with Crippen molar-refractivity contribution in [2.75, 3.05) is 11.4 Å². The minimum atomic E-state index is -1.02. The zero-order valence-electron chi connectivity index (χ0n) is 12.1. The molecule has 21 heavy (non-hydrogen) atoms. The van der Waals surface area contributed by atoms with Crippen LogP contribution in [-0.2, 0) is 4.79 Å². The Hall–Kier alpha value is -2.11. The topological polar surface area (TPSA) is 78.9 Å². The van der Waals surface area contributed by atoms with Crippen molar-refractivity contribution in [1.82, 2.24) is 0 Å². The van der Waals surface area contributed by atoms with Gasteiger partial charge in [0.1, 0.15) is 11.2 Å². The van der Waals surface area contributed by atoms with Crippen LogP contribution < -0.4 is 10.6 Å². The number of para-hydroxylation sites is 1. The Morgan fingerprint density at radius 3 is 2.57 bits per heavy atom. The van der Waals surface area contributed by atoms with Gasteiger partial charge < -0.3 is 15.8 Å². The molecule has 5 nitrogen and oxygen atoms in total. The summed E-state index contributed by atoms with van der Waals surface area (Å²) < 4.78 is 14.0. The number of carbonyl (C=O) groups is 1. The van der Waals surface area contributed by atoms with Crippen molar-refractivity contribution in [2.24, 2.45) is 16.3 Å². The van der Waals surface area contributed by atoms with E-state index in [1.165, 1.54) is 11.0 Å². The fraction of sp³-hybridized carbons (Fsp3) is 0.467. The second kappa shape index (κ2) is 6.11. The normalized spacial score (nSPS) is 17.7. The Bertz CT molecular complexity index is 554. The summed E-state index contributed by atoms with van der Waals surface area (Å²) >= 11 is 0. The van der Waals surface area contributed by atoms with Crippen LogP contribution in [0.15, 0.2) is 29.4 Å². The zero-order chi connectivity index (χ0) is 15.5. The van der Waals surface area contributed by atoms with E-state index in [0.29, 0.717) is 19.4 Å². The van der Waals surface area contributed by atoms with Gasteiger partial charge in [0.2, 0.25) is 5.91 Å². The maximum Gasteiger partial charge on any atom is 0.241 e. The second-order valence-corrected chi connectivity index (χ2v) is 5.28. The van der Waals surface area contributed by atoms with Gasteiger partial charge in [-0.1, -0.05) is 30.1 Å². The van der Waals surface area contributed by atoms with Gasteiger partial charge in [-0.15, -0.1) is 0 Å². The number of oxime groups is 1. The maximum atomic E-state index is 14.0. The minimum Gasteiger partial charge on any atom is -0.409 e. The van der Waals surface area contributed by atoms with Crippen LogP contribution in [0, 0.1) is 11.2 Å². The first-order valence-electron chi connectivity index (χ1n) is 7.11. The number of amidine groups is 1. The average Bonchev–Trinajstić information content (AvgIpc) is 2.99. The summed E-state index contributed by atoms with van der Waals surface area (Å²) in [5.41, 5.74) is 4.98. The average molecular weight is 293 g/mol. The van der Waals surface area contributed by atoms with Crippen molar-refractivity contribution in [2.45, 2.75) is 32.6 Å². The maximum absolute atomic E-state index is 14.0. The molecule has 1 fully saturated rings. The number of benzene rings is 1. The van der Waals surface area contributed by atoms with Gasteiger partial charge in [-0.25, -0.2) is 4.39 Å². The first-order valence-corrected chi connectivity index (χ1v) is 7.11. The summed E-state index contributed by atoms with van der Waals surface area (Å²) in [4.78, 5) is 14.3. The summed E-state index contributed by atoms with van der Waals surface area (Å²) in [5, 5.41) is 12.1. The van der Waals surface area contributed by atoms with Crippen LogP contribution in [0.5, 0.6) is 0 Å². The number of amides is 1. The molecule has 0 aliphatic heterocycles. The van der Waals surface area contributed by atoms with Crippen molar-refractivity contribution in [3.05, 3.63) is 30.1 Å². The van der Waals surface area contributed by atoms with E-state index in [4.69, 9.17) is 10.9 Å². The van der Waals surface area contributed by atoms with Crippen molar-refractivity contribution in [1.29, 1.82) is 0 Å². The number of hydrogen-bond acceptors (Lipinski definition) is 3. The molecule has 114 valence electrons. The van der Waals surface area contributed by atoms with Gasteiger partial charge in [0, 0.05) is 6.54 Å². The summed E-state index contributed by atoms with van der Waals surface area (Å²) in [6.07, 6.45) is 2.70. The predicted octanol–water partition coefficient (Wildman–Crippen LogP) is 2.49. The fourth-order valence-electron chi connectivity index (χ4n) is 3.01. The minimum absolute atomic E-state index is 0.0835. The number of nitrogens with zero attached hydrogens (tertiary/aromatic N) is 2. The molecule has 3 N–H and O–H groups in total. The van der Waals surface area contributed by atoms with Crippen molar-refractivity contribution in [3.63, 3.8) is 0 Å². The molecule has 0 aromatic heterocycles. The Morgan fingerprint density at radius 1 is 1.43 bits per heavy atom. The first kappa shape index (κ1) is 15.3. The van der Waals surface area contributed by atoms with Gasteiger partial charge >= 0.3 is 0 Å². The van der Waals surface area contributed by atoms with Gasteiger partial charge in [-0.2, -0.15) is 0 Å². The monoisotopic (exact) mass is 293 g/mol. The van der Waals surface area contributed by atoms with Crippen LogP contribution >= 0.6 is 0 Å². The highest BCUT2D eigenvalue weighted by Gasteiger charge is 2.47. The largest absolute Gasteiger partial charge is 0.409 e. The molecule has 0 heterocycles. The van der Waals surface area contributed by atoms with Crippen LogP contribution in [0.1, 0.15) is 32.6 Å². The molecular weight excluding hydrogens is 273 g/mol. The first-order chi connectivity index (χ1) is 10.1. The molecular formula is C15H20FN3O2. The van der Waals surface area contributed by atoms with E-state index in [1.54, 1.807) is 25.1 Å². The number of anilines is 1. The molecule has 1 aromatic rings. The quantitative estimate of drug-likeness (QED) is 0.387. The molecule has 1 aliphatic rings. The smallest absolute Gasteiger partial charge is 0.241 e. The van der Waals surface area contributed by atoms with Crippen LogP contribution in [0.2, 0.25) is 0 Å². The third-order valence-corrected chi connectivity index (χ3v) is 4.17. The standard InChI is InChI=1S/C15H20FN3O2/c1-2-19(12-8-4-3-7-11(12)16)14(20)15(13(17)18-21)9-5-6-10-15/h3-4,7-8,21H,2,5-6,9-10H2,1H3,(H2,17,18). The van der Waals surface area contributed by atoms with Crippen molar-refractivity contribution >= 4 is 17.4 Å². The second-order valence-electron chi connectivity index (χ2n) is 5.28. The lowest BCUT2D eigenvalue weighted by atomic mass is 9.83. The van der Waals surface area contributed by atoms with E-state index in [0.717, 1.165) is 12.8 Å². The third-order valence-electron chi connectivity index (χ3n) is 4.17. The van der Waals surface area contributed by atoms with E-state index in [1.807, 2.05) is 0 Å². The zero-order valence-corrected chi connectivity index (χ0v) is 12.1. The molecule has 1 saturated carbocycles. The van der Waals surface area contributed by atoms with Crippen LogP contribution in [-0.4, -0.2) is 23.5 Å². The van der Waals surface area contributed by atoms with Gasteiger partial charge in [-0.05, 0) is 31.9 Å². The molecule has 0 bridgehead atoms. The Labute approximate surface area is 123 Å².